The van der Waals surface area contributed by atoms with Gasteiger partial charge in [0.15, 0.2) is 0 Å². The van der Waals surface area contributed by atoms with Crippen molar-refractivity contribution in [3.63, 3.8) is 0 Å². The number of unbranched alkanes of at least 4 members (excludes halogenated alkanes) is 6. The van der Waals surface area contributed by atoms with Crippen LogP contribution in [0.2, 0.25) is 0 Å². The summed E-state index contributed by atoms with van der Waals surface area (Å²) < 4.78 is 0. The number of aryl methyl sites for hydroxylation is 1. The van der Waals surface area contributed by atoms with Gasteiger partial charge in [-0.05, 0) is 80.8 Å². The Kier molecular flexibility index (Phi) is 10.7. The molecule has 3 rings (SSSR count). The molecule has 0 radical (unpaired) electrons. The van der Waals surface area contributed by atoms with Crippen molar-refractivity contribution in [1.29, 1.82) is 0 Å². The highest BCUT2D eigenvalue weighted by molar-refractivity contribution is 5.17. The van der Waals surface area contributed by atoms with E-state index in [9.17, 15) is 0 Å². The van der Waals surface area contributed by atoms with Crippen LogP contribution < -0.4 is 0 Å². The fraction of sp³-hybridized carbons (Fsp3) is 0.828. The summed E-state index contributed by atoms with van der Waals surface area (Å²) in [5.41, 5.74) is 2.82. The summed E-state index contributed by atoms with van der Waals surface area (Å²) in [6.45, 7) is 4.60. The zero-order valence-corrected chi connectivity index (χ0v) is 20.2. The number of nitrogens with zero attached hydrogens (tertiary/aromatic N) is 1. The van der Waals surface area contributed by atoms with Gasteiger partial charge >= 0.3 is 0 Å². The molecular weight excluding hydrogens is 362 g/mol. The topological polar surface area (TPSA) is 12.9 Å². The van der Waals surface area contributed by atoms with E-state index in [0.717, 1.165) is 23.7 Å². The second-order valence-corrected chi connectivity index (χ2v) is 10.6. The van der Waals surface area contributed by atoms with E-state index in [1.807, 2.05) is 0 Å². The first-order chi connectivity index (χ1) is 14.8. The highest BCUT2D eigenvalue weighted by Gasteiger charge is 2.31. The van der Waals surface area contributed by atoms with Crippen molar-refractivity contribution in [2.45, 2.75) is 135 Å². The standard InChI is InChI=1S/C29H49N/c1-3-5-7-9-11-24-13-16-26(17-14-24)27-18-20-28(21-19-27)29-22-15-25(23-30-29)12-10-8-6-4-2/h15,22-24,26-28H,3-14,16-21H2,1-2H3. The number of pyridine rings is 1. The van der Waals surface area contributed by atoms with Gasteiger partial charge < -0.3 is 0 Å². The lowest BCUT2D eigenvalue weighted by molar-refractivity contribution is 0.155. The molecule has 1 nitrogen and oxygen atoms in total. The Bertz CT molecular complexity index is 546. The first-order valence-corrected chi connectivity index (χ1v) is 13.7. The molecule has 30 heavy (non-hydrogen) atoms. The average Bonchev–Trinajstić information content (AvgIpc) is 2.81. The minimum absolute atomic E-state index is 0.727. The van der Waals surface area contributed by atoms with Gasteiger partial charge in [0.2, 0.25) is 0 Å². The molecule has 2 fully saturated rings. The van der Waals surface area contributed by atoms with Crippen molar-refractivity contribution in [3.8, 4) is 0 Å². The third kappa shape index (κ3) is 7.69. The van der Waals surface area contributed by atoms with Crippen molar-refractivity contribution in [1.82, 2.24) is 4.98 Å². The molecule has 0 bridgehead atoms. The van der Waals surface area contributed by atoms with E-state index in [1.165, 1.54) is 127 Å². The molecule has 1 heteroatoms. The van der Waals surface area contributed by atoms with E-state index in [2.05, 4.69) is 32.2 Å². The zero-order valence-electron chi connectivity index (χ0n) is 20.2. The lowest BCUT2D eigenvalue weighted by Gasteiger charge is -2.38. The highest BCUT2D eigenvalue weighted by atomic mass is 14.7. The lowest BCUT2D eigenvalue weighted by Crippen LogP contribution is -2.25. The van der Waals surface area contributed by atoms with E-state index < -0.39 is 0 Å². The number of aromatic nitrogens is 1. The van der Waals surface area contributed by atoms with Crippen LogP contribution in [0.3, 0.4) is 0 Å². The SMILES string of the molecule is CCCCCCc1ccc(C2CCC(C3CCC(CCCCCC)CC3)CC2)nc1. The largest absolute Gasteiger partial charge is 0.261 e. The number of hydrogen-bond donors (Lipinski definition) is 0. The Hall–Kier alpha value is -0.850. The summed E-state index contributed by atoms with van der Waals surface area (Å²) in [5.74, 6) is 3.83. The third-order valence-electron chi connectivity index (χ3n) is 8.38. The van der Waals surface area contributed by atoms with E-state index in [-0.39, 0.29) is 0 Å². The molecule has 0 spiro atoms. The molecule has 1 heterocycles. The minimum atomic E-state index is 0.727. The Labute approximate surface area is 187 Å². The summed E-state index contributed by atoms with van der Waals surface area (Å²) in [7, 11) is 0. The highest BCUT2D eigenvalue weighted by Crippen LogP contribution is 2.44. The lowest BCUT2D eigenvalue weighted by atomic mass is 9.68. The molecule has 0 unspecified atom stereocenters. The Balaban J connectivity index is 1.34. The summed E-state index contributed by atoms with van der Waals surface area (Å²) in [6, 6.07) is 4.71. The van der Waals surface area contributed by atoms with Crippen LogP contribution in [0.15, 0.2) is 18.3 Å². The molecule has 2 aliphatic rings. The molecular formula is C29H49N. The van der Waals surface area contributed by atoms with Gasteiger partial charge in [-0.15, -0.1) is 0 Å². The van der Waals surface area contributed by atoms with Gasteiger partial charge in [0.05, 0.1) is 0 Å². The van der Waals surface area contributed by atoms with Crippen LogP contribution in [0.25, 0.3) is 0 Å². The summed E-state index contributed by atoms with van der Waals surface area (Å²) >= 11 is 0. The van der Waals surface area contributed by atoms with Gasteiger partial charge in [-0.25, -0.2) is 0 Å². The first-order valence-electron chi connectivity index (χ1n) is 13.7. The maximum Gasteiger partial charge on any atom is 0.0434 e. The maximum absolute atomic E-state index is 4.89. The van der Waals surface area contributed by atoms with Gasteiger partial charge in [-0.2, -0.15) is 0 Å². The maximum atomic E-state index is 4.89. The van der Waals surface area contributed by atoms with E-state index >= 15 is 0 Å². The smallest absolute Gasteiger partial charge is 0.0434 e. The van der Waals surface area contributed by atoms with Crippen LogP contribution in [-0.2, 0) is 6.42 Å². The van der Waals surface area contributed by atoms with Crippen molar-refractivity contribution in [3.05, 3.63) is 29.6 Å². The van der Waals surface area contributed by atoms with Crippen LogP contribution in [0.4, 0.5) is 0 Å². The van der Waals surface area contributed by atoms with E-state index in [1.54, 1.807) is 0 Å². The Morgan fingerprint density at radius 2 is 1.33 bits per heavy atom. The Morgan fingerprint density at radius 1 is 0.700 bits per heavy atom. The normalized spacial score (nSPS) is 27.3. The predicted molar refractivity (Wildman–Crippen MR) is 131 cm³/mol. The van der Waals surface area contributed by atoms with E-state index in [0.29, 0.717) is 0 Å². The van der Waals surface area contributed by atoms with Crippen molar-refractivity contribution in [2.75, 3.05) is 0 Å². The van der Waals surface area contributed by atoms with Crippen molar-refractivity contribution < 1.29 is 0 Å². The van der Waals surface area contributed by atoms with Crippen molar-refractivity contribution >= 4 is 0 Å². The zero-order chi connectivity index (χ0) is 21.0. The van der Waals surface area contributed by atoms with Gasteiger partial charge in [0.1, 0.15) is 0 Å². The molecule has 0 aliphatic heterocycles. The number of hydrogen-bond acceptors (Lipinski definition) is 1. The molecule has 1 aromatic rings. The molecule has 2 saturated carbocycles. The fourth-order valence-corrected chi connectivity index (χ4v) is 6.28. The molecule has 0 saturated heterocycles. The predicted octanol–water partition coefficient (Wildman–Crippen LogP) is 9.25. The second-order valence-electron chi connectivity index (χ2n) is 10.6. The van der Waals surface area contributed by atoms with Gasteiger partial charge in [0.25, 0.3) is 0 Å². The molecule has 2 aliphatic carbocycles. The minimum Gasteiger partial charge on any atom is -0.261 e. The fourth-order valence-electron chi connectivity index (χ4n) is 6.28. The monoisotopic (exact) mass is 411 g/mol. The van der Waals surface area contributed by atoms with Crippen LogP contribution in [0.5, 0.6) is 0 Å². The summed E-state index contributed by atoms with van der Waals surface area (Å²) in [5, 5.41) is 0. The second kappa shape index (κ2) is 13.5. The molecule has 0 amide bonds. The van der Waals surface area contributed by atoms with Crippen molar-refractivity contribution in [2.24, 2.45) is 17.8 Å². The third-order valence-corrected chi connectivity index (χ3v) is 8.38. The first kappa shape index (κ1) is 23.8. The summed E-state index contributed by atoms with van der Waals surface area (Å²) in [4.78, 5) is 4.89. The van der Waals surface area contributed by atoms with Crippen LogP contribution in [0, 0.1) is 17.8 Å². The van der Waals surface area contributed by atoms with E-state index in [4.69, 9.17) is 4.98 Å². The quantitative estimate of drug-likeness (QED) is 0.312. The molecule has 0 aromatic carbocycles. The van der Waals surface area contributed by atoms with Crippen LogP contribution in [0.1, 0.15) is 140 Å². The van der Waals surface area contributed by atoms with Crippen LogP contribution in [-0.4, -0.2) is 4.98 Å². The van der Waals surface area contributed by atoms with Crippen LogP contribution >= 0.6 is 0 Å². The Morgan fingerprint density at radius 3 is 1.93 bits per heavy atom. The molecule has 1 aromatic heterocycles. The molecule has 170 valence electrons. The average molecular weight is 412 g/mol. The van der Waals surface area contributed by atoms with Gasteiger partial charge in [0, 0.05) is 17.8 Å². The van der Waals surface area contributed by atoms with Gasteiger partial charge in [-0.3, -0.25) is 4.98 Å². The molecule has 0 atom stereocenters. The summed E-state index contributed by atoms with van der Waals surface area (Å²) in [6.07, 6.45) is 27.8. The molecule has 0 N–H and O–H groups in total. The number of rotatable bonds is 12. The van der Waals surface area contributed by atoms with Gasteiger partial charge in [-0.1, -0.05) is 84.1 Å².